The molecule has 21 heavy (non-hydrogen) atoms. The molecule has 1 N–H and O–H groups in total. The van der Waals surface area contributed by atoms with E-state index in [1.807, 2.05) is 0 Å². The Morgan fingerprint density at radius 2 is 2.00 bits per heavy atom. The number of alkyl halides is 3. The van der Waals surface area contributed by atoms with Crippen LogP contribution in [0.2, 0.25) is 5.02 Å². The summed E-state index contributed by atoms with van der Waals surface area (Å²) in [6, 6.07) is 6.01. The fourth-order valence-electron chi connectivity index (χ4n) is 1.60. The van der Waals surface area contributed by atoms with Crippen LogP contribution in [-0.4, -0.2) is 9.91 Å². The summed E-state index contributed by atoms with van der Waals surface area (Å²) in [5.41, 5.74) is -2.17. The van der Waals surface area contributed by atoms with E-state index in [1.165, 1.54) is 12.3 Å². The lowest BCUT2D eigenvalue weighted by molar-refractivity contribution is -0.384. The van der Waals surface area contributed by atoms with Crippen LogP contribution in [0.5, 0.6) is 0 Å². The average Bonchev–Trinajstić information content (AvgIpc) is 2.38. The molecule has 1 aromatic carbocycles. The summed E-state index contributed by atoms with van der Waals surface area (Å²) < 4.78 is 38.1. The van der Waals surface area contributed by atoms with Gasteiger partial charge >= 0.3 is 6.18 Å². The summed E-state index contributed by atoms with van der Waals surface area (Å²) >= 11 is 5.55. The number of benzene rings is 1. The smallest absolute Gasteiger partial charge is 0.335 e. The van der Waals surface area contributed by atoms with Gasteiger partial charge in [-0.25, -0.2) is 4.98 Å². The van der Waals surface area contributed by atoms with Gasteiger partial charge < -0.3 is 5.32 Å². The minimum absolute atomic E-state index is 0.170. The summed E-state index contributed by atoms with van der Waals surface area (Å²) in [4.78, 5) is 13.9. The van der Waals surface area contributed by atoms with E-state index in [4.69, 9.17) is 11.6 Å². The van der Waals surface area contributed by atoms with Crippen LogP contribution < -0.4 is 5.32 Å². The van der Waals surface area contributed by atoms with E-state index in [0.29, 0.717) is 6.07 Å². The number of hydrogen-bond donors (Lipinski definition) is 1. The average molecular weight is 318 g/mol. The predicted octanol–water partition coefficient (Wildman–Crippen LogP) is 4.41. The van der Waals surface area contributed by atoms with Gasteiger partial charge in [0.25, 0.3) is 5.69 Å². The van der Waals surface area contributed by atoms with E-state index in [0.717, 1.165) is 6.07 Å². The number of aromatic nitrogens is 1. The number of hydrogen-bond acceptors (Lipinski definition) is 4. The third-order valence-electron chi connectivity index (χ3n) is 2.52. The highest BCUT2D eigenvalue weighted by molar-refractivity contribution is 6.31. The fraction of sp³-hybridized carbons (Fsp3) is 0.0833. The molecule has 0 spiro atoms. The lowest BCUT2D eigenvalue weighted by atomic mass is 10.1. The Morgan fingerprint density at radius 1 is 1.29 bits per heavy atom. The highest BCUT2D eigenvalue weighted by atomic mass is 35.5. The fourth-order valence-corrected chi connectivity index (χ4v) is 1.88. The zero-order chi connectivity index (χ0) is 15.6. The first-order valence-corrected chi connectivity index (χ1v) is 5.90. The molecule has 1 heterocycles. The monoisotopic (exact) mass is 317 g/mol. The Kier molecular flexibility index (Phi) is 3.99. The van der Waals surface area contributed by atoms with Crippen molar-refractivity contribution in [1.82, 2.24) is 4.98 Å². The van der Waals surface area contributed by atoms with Crippen molar-refractivity contribution in [2.24, 2.45) is 0 Å². The minimum atomic E-state index is -4.77. The topological polar surface area (TPSA) is 68.1 Å². The zero-order valence-corrected chi connectivity index (χ0v) is 10.9. The van der Waals surface area contributed by atoms with Crippen LogP contribution in [-0.2, 0) is 6.18 Å². The maximum Gasteiger partial charge on any atom is 0.418 e. The first-order chi connectivity index (χ1) is 9.79. The second kappa shape index (κ2) is 5.57. The molecule has 0 bridgehead atoms. The van der Waals surface area contributed by atoms with Crippen LogP contribution in [0, 0.1) is 10.1 Å². The van der Waals surface area contributed by atoms with Gasteiger partial charge in [-0.15, -0.1) is 0 Å². The molecule has 5 nitrogen and oxygen atoms in total. The third kappa shape index (κ3) is 3.40. The Bertz CT molecular complexity index is 677. The normalized spacial score (nSPS) is 11.2. The molecule has 0 saturated heterocycles. The van der Waals surface area contributed by atoms with E-state index >= 15 is 0 Å². The van der Waals surface area contributed by atoms with E-state index in [9.17, 15) is 23.3 Å². The van der Waals surface area contributed by atoms with Crippen molar-refractivity contribution in [3.63, 3.8) is 0 Å². The van der Waals surface area contributed by atoms with Gasteiger partial charge in [0, 0.05) is 12.3 Å². The number of nitrogens with zero attached hydrogens (tertiary/aromatic N) is 2. The Labute approximate surface area is 121 Å². The van der Waals surface area contributed by atoms with Crippen LogP contribution in [0.25, 0.3) is 0 Å². The van der Waals surface area contributed by atoms with Crippen molar-refractivity contribution in [2.45, 2.75) is 6.18 Å². The molecule has 0 atom stereocenters. The Hall–Kier alpha value is -2.35. The number of nitro groups is 1. The van der Waals surface area contributed by atoms with Gasteiger partial charge in [-0.1, -0.05) is 17.7 Å². The molecular formula is C12H7ClF3N3O2. The molecule has 1 aromatic heterocycles. The van der Waals surface area contributed by atoms with Gasteiger partial charge in [-0.2, -0.15) is 13.2 Å². The number of halogens is 4. The molecular weight excluding hydrogens is 311 g/mol. The second-order valence-electron chi connectivity index (χ2n) is 3.94. The molecule has 0 saturated carbocycles. The summed E-state index contributed by atoms with van der Waals surface area (Å²) in [7, 11) is 0. The predicted molar refractivity (Wildman–Crippen MR) is 70.6 cm³/mol. The summed E-state index contributed by atoms with van der Waals surface area (Å²) in [6.07, 6.45) is -3.34. The zero-order valence-electron chi connectivity index (χ0n) is 10.2. The first-order valence-electron chi connectivity index (χ1n) is 5.52. The lowest BCUT2D eigenvalue weighted by Crippen LogP contribution is -2.08. The summed E-state index contributed by atoms with van der Waals surface area (Å²) in [5, 5.41) is 12.9. The molecule has 2 rings (SSSR count). The van der Waals surface area contributed by atoms with Crippen molar-refractivity contribution in [3.05, 3.63) is 57.2 Å². The SMILES string of the molecule is O=[N+]([O-])c1cc(C(F)(F)F)c(Cl)cc1Nc1ccccn1. The van der Waals surface area contributed by atoms with Crippen molar-refractivity contribution in [2.75, 3.05) is 5.32 Å². The Balaban J connectivity index is 2.51. The second-order valence-corrected chi connectivity index (χ2v) is 4.35. The van der Waals surface area contributed by atoms with Gasteiger partial charge in [0.15, 0.2) is 0 Å². The minimum Gasteiger partial charge on any atom is -0.335 e. The van der Waals surface area contributed by atoms with Crippen molar-refractivity contribution in [1.29, 1.82) is 0 Å². The van der Waals surface area contributed by atoms with Crippen LogP contribution in [0.15, 0.2) is 36.5 Å². The van der Waals surface area contributed by atoms with Crippen molar-refractivity contribution < 1.29 is 18.1 Å². The van der Waals surface area contributed by atoms with Gasteiger partial charge in [-0.3, -0.25) is 10.1 Å². The van der Waals surface area contributed by atoms with Gasteiger partial charge in [0.1, 0.15) is 11.5 Å². The maximum absolute atomic E-state index is 12.7. The number of nitro benzene ring substituents is 1. The van der Waals surface area contributed by atoms with Crippen LogP contribution in [0.3, 0.4) is 0 Å². The van der Waals surface area contributed by atoms with Crippen molar-refractivity contribution >= 4 is 28.8 Å². The van der Waals surface area contributed by atoms with E-state index in [-0.39, 0.29) is 11.5 Å². The molecule has 0 fully saturated rings. The summed E-state index contributed by atoms with van der Waals surface area (Å²) in [5.74, 6) is 0.247. The molecule has 0 amide bonds. The third-order valence-corrected chi connectivity index (χ3v) is 2.83. The van der Waals surface area contributed by atoms with E-state index < -0.39 is 27.4 Å². The van der Waals surface area contributed by atoms with Crippen LogP contribution >= 0.6 is 11.6 Å². The van der Waals surface area contributed by atoms with Crippen LogP contribution in [0.1, 0.15) is 5.56 Å². The standard InChI is InChI=1S/C12H7ClF3N3O2/c13-8-6-9(18-11-3-1-2-4-17-11)10(19(20)21)5-7(8)12(14,15)16/h1-6H,(H,17,18). The number of pyridine rings is 1. The molecule has 0 aliphatic carbocycles. The quantitative estimate of drug-likeness (QED) is 0.672. The van der Waals surface area contributed by atoms with Gasteiger partial charge in [0.2, 0.25) is 0 Å². The highest BCUT2D eigenvalue weighted by Crippen LogP contribution is 2.40. The Morgan fingerprint density at radius 3 is 2.52 bits per heavy atom. The molecule has 0 aliphatic heterocycles. The highest BCUT2D eigenvalue weighted by Gasteiger charge is 2.36. The molecule has 2 aromatic rings. The van der Waals surface area contributed by atoms with Crippen LogP contribution in [0.4, 0.5) is 30.4 Å². The summed E-state index contributed by atoms with van der Waals surface area (Å²) in [6.45, 7) is 0. The van der Waals surface area contributed by atoms with Crippen molar-refractivity contribution in [3.8, 4) is 0 Å². The molecule has 110 valence electrons. The number of rotatable bonds is 3. The number of nitrogens with one attached hydrogen (secondary N) is 1. The number of anilines is 2. The van der Waals surface area contributed by atoms with Gasteiger partial charge in [0.05, 0.1) is 15.5 Å². The maximum atomic E-state index is 12.7. The van der Waals surface area contributed by atoms with E-state index in [2.05, 4.69) is 10.3 Å². The van der Waals surface area contributed by atoms with E-state index in [1.54, 1.807) is 12.1 Å². The molecule has 0 radical (unpaired) electrons. The molecule has 0 unspecified atom stereocenters. The van der Waals surface area contributed by atoms with Gasteiger partial charge in [-0.05, 0) is 18.2 Å². The lowest BCUT2D eigenvalue weighted by Gasteiger charge is -2.12. The largest absolute Gasteiger partial charge is 0.418 e. The first kappa shape index (κ1) is 15.0. The molecule has 9 heteroatoms. The molecule has 0 aliphatic rings.